The van der Waals surface area contributed by atoms with E-state index in [0.717, 1.165) is 83.5 Å². The SMILES string of the molecule is CNCCCCCC[N+]1(CCCCCCNC)CN(c2ccccc2)C2(CCN(C3CCC(C(C)C)CC3)CC2)C1=O. The standard InChI is InChI=1S/C36H64N5O/c1-31(2)32-18-20-33(21-19-32)39-26-22-36(23-27-39)35(42)41(28-14-7-5-12-24-37-3,29-15-8-6-13-25-38-4)30-40(36)34-16-10-9-11-17-34/h9-11,16-17,31-33,37-38H,5-8,12-15,18-30H2,1-4H3/q+1. The Morgan fingerprint density at radius 2 is 1.36 bits per heavy atom. The summed E-state index contributed by atoms with van der Waals surface area (Å²) in [7, 11) is 4.08. The number of rotatable bonds is 17. The molecule has 1 amide bonds. The van der Waals surface area contributed by atoms with E-state index in [9.17, 15) is 0 Å². The van der Waals surface area contributed by atoms with Crippen molar-refractivity contribution >= 4 is 11.6 Å². The first-order valence-corrected chi connectivity index (χ1v) is 17.7. The van der Waals surface area contributed by atoms with E-state index in [1.807, 2.05) is 14.1 Å². The second-order valence-corrected chi connectivity index (χ2v) is 14.2. The fourth-order valence-corrected chi connectivity index (χ4v) is 8.44. The molecular weight excluding hydrogens is 518 g/mol. The molecule has 0 aromatic heterocycles. The fourth-order valence-electron chi connectivity index (χ4n) is 8.44. The van der Waals surface area contributed by atoms with Crippen LogP contribution in [0.5, 0.6) is 0 Å². The highest BCUT2D eigenvalue weighted by molar-refractivity contribution is 5.88. The van der Waals surface area contributed by atoms with Crippen LogP contribution in [0.4, 0.5) is 5.69 Å². The molecule has 2 heterocycles. The molecule has 2 saturated heterocycles. The van der Waals surface area contributed by atoms with Crippen molar-refractivity contribution in [3.8, 4) is 0 Å². The molecule has 42 heavy (non-hydrogen) atoms. The van der Waals surface area contributed by atoms with E-state index in [-0.39, 0.29) is 5.54 Å². The number of nitrogens with zero attached hydrogens (tertiary/aromatic N) is 3. The summed E-state index contributed by atoms with van der Waals surface area (Å²) in [4.78, 5) is 20.4. The summed E-state index contributed by atoms with van der Waals surface area (Å²) in [5, 5.41) is 6.57. The summed E-state index contributed by atoms with van der Waals surface area (Å²) in [6, 6.07) is 11.7. The summed E-state index contributed by atoms with van der Waals surface area (Å²) in [5.74, 6) is 2.25. The summed E-state index contributed by atoms with van der Waals surface area (Å²) in [6.45, 7) is 12.0. The zero-order valence-electron chi connectivity index (χ0n) is 27.7. The van der Waals surface area contributed by atoms with Gasteiger partial charge in [0.25, 0.3) is 0 Å². The van der Waals surface area contributed by atoms with Crippen LogP contribution in [0.1, 0.15) is 104 Å². The molecule has 1 aromatic carbocycles. The van der Waals surface area contributed by atoms with Crippen molar-refractivity contribution in [1.29, 1.82) is 0 Å². The van der Waals surface area contributed by atoms with Crippen molar-refractivity contribution < 1.29 is 9.28 Å². The molecule has 1 aliphatic carbocycles. The van der Waals surface area contributed by atoms with E-state index < -0.39 is 0 Å². The Hall–Kier alpha value is -1.47. The second-order valence-electron chi connectivity index (χ2n) is 14.2. The smallest absolute Gasteiger partial charge is 0.320 e. The van der Waals surface area contributed by atoms with Crippen LogP contribution in [0, 0.1) is 11.8 Å². The average Bonchev–Trinajstić information content (AvgIpc) is 3.25. The summed E-state index contributed by atoms with van der Waals surface area (Å²) >= 11 is 0. The van der Waals surface area contributed by atoms with E-state index >= 15 is 4.79 Å². The highest BCUT2D eigenvalue weighted by Gasteiger charge is 2.63. The molecule has 6 nitrogen and oxygen atoms in total. The van der Waals surface area contributed by atoms with Crippen molar-refractivity contribution in [2.24, 2.45) is 11.8 Å². The average molecular weight is 583 g/mol. The monoisotopic (exact) mass is 583 g/mol. The molecule has 6 heteroatoms. The van der Waals surface area contributed by atoms with Crippen LogP contribution in [0.3, 0.4) is 0 Å². The second kappa shape index (κ2) is 16.6. The van der Waals surface area contributed by atoms with E-state index in [2.05, 4.69) is 64.6 Å². The number of quaternary nitrogens is 1. The molecule has 0 bridgehead atoms. The number of carbonyl (C=O) groups is 1. The number of benzene rings is 1. The third-order valence-electron chi connectivity index (χ3n) is 11.2. The van der Waals surface area contributed by atoms with Gasteiger partial charge in [0.2, 0.25) is 0 Å². The lowest BCUT2D eigenvalue weighted by Crippen LogP contribution is -2.60. The summed E-state index contributed by atoms with van der Waals surface area (Å²) in [5.41, 5.74) is 0.894. The van der Waals surface area contributed by atoms with Gasteiger partial charge in [-0.1, -0.05) is 44.9 Å². The Bertz CT molecular complexity index is 889. The van der Waals surface area contributed by atoms with Crippen LogP contribution in [0.2, 0.25) is 0 Å². The Kier molecular flexibility index (Phi) is 13.2. The third kappa shape index (κ3) is 8.16. The van der Waals surface area contributed by atoms with E-state index in [1.165, 1.54) is 69.9 Å². The molecule has 2 aliphatic heterocycles. The van der Waals surface area contributed by atoms with Gasteiger partial charge in [0, 0.05) is 24.8 Å². The maximum absolute atomic E-state index is 15.0. The number of amides is 1. The number of hydrogen-bond donors (Lipinski definition) is 2. The van der Waals surface area contributed by atoms with Gasteiger partial charge in [-0.05, 0) is 128 Å². The molecule has 0 radical (unpaired) electrons. The predicted molar refractivity (Wildman–Crippen MR) is 178 cm³/mol. The van der Waals surface area contributed by atoms with Gasteiger partial charge >= 0.3 is 5.91 Å². The minimum atomic E-state index is -0.356. The molecule has 238 valence electrons. The topological polar surface area (TPSA) is 47.6 Å². The van der Waals surface area contributed by atoms with Crippen molar-refractivity contribution in [2.45, 2.75) is 115 Å². The first kappa shape index (κ1) is 33.4. The molecule has 1 saturated carbocycles. The molecule has 3 aliphatic rings. The highest BCUT2D eigenvalue weighted by atomic mass is 16.2. The molecule has 4 rings (SSSR count). The van der Waals surface area contributed by atoms with Crippen molar-refractivity contribution in [2.75, 3.05) is 64.9 Å². The minimum Gasteiger partial charge on any atom is -0.320 e. The number of anilines is 1. The Morgan fingerprint density at radius 3 is 1.88 bits per heavy atom. The fraction of sp³-hybridized carbons (Fsp3) is 0.806. The maximum Gasteiger partial charge on any atom is 0.341 e. The van der Waals surface area contributed by atoms with Crippen LogP contribution in [-0.2, 0) is 4.79 Å². The van der Waals surface area contributed by atoms with Gasteiger partial charge in [-0.15, -0.1) is 0 Å². The van der Waals surface area contributed by atoms with Crippen LogP contribution >= 0.6 is 0 Å². The number of nitrogens with one attached hydrogen (secondary N) is 2. The van der Waals surface area contributed by atoms with Gasteiger partial charge in [-0.25, -0.2) is 9.28 Å². The van der Waals surface area contributed by atoms with Crippen LogP contribution < -0.4 is 15.5 Å². The number of para-hydroxylation sites is 1. The van der Waals surface area contributed by atoms with Crippen LogP contribution in [0.25, 0.3) is 0 Å². The predicted octanol–water partition coefficient (Wildman–Crippen LogP) is 6.42. The normalized spacial score (nSPS) is 24.2. The number of piperidine rings is 1. The minimum absolute atomic E-state index is 0.356. The van der Waals surface area contributed by atoms with Crippen molar-refractivity contribution in [3.05, 3.63) is 30.3 Å². The van der Waals surface area contributed by atoms with E-state index in [1.54, 1.807) is 0 Å². The molecule has 1 spiro atoms. The van der Waals surface area contributed by atoms with Crippen molar-refractivity contribution in [1.82, 2.24) is 15.5 Å². The molecule has 3 fully saturated rings. The van der Waals surface area contributed by atoms with Gasteiger partial charge in [0.15, 0.2) is 12.2 Å². The van der Waals surface area contributed by atoms with Gasteiger partial charge < -0.3 is 20.4 Å². The van der Waals surface area contributed by atoms with Crippen molar-refractivity contribution in [3.63, 3.8) is 0 Å². The van der Waals surface area contributed by atoms with Gasteiger partial charge in [-0.2, -0.15) is 0 Å². The molecular formula is C36H64N5O+. The largest absolute Gasteiger partial charge is 0.341 e. The first-order chi connectivity index (χ1) is 20.5. The number of unbranched alkanes of at least 4 members (excludes halogenated alkanes) is 6. The van der Waals surface area contributed by atoms with Gasteiger partial charge in [0.1, 0.15) is 0 Å². The highest BCUT2D eigenvalue weighted by Crippen LogP contribution is 2.44. The molecule has 0 atom stereocenters. The zero-order chi connectivity index (χ0) is 29.8. The van der Waals surface area contributed by atoms with Gasteiger partial charge in [-0.3, -0.25) is 0 Å². The number of hydrogen-bond acceptors (Lipinski definition) is 5. The lowest BCUT2D eigenvalue weighted by molar-refractivity contribution is -0.847. The molecule has 0 unspecified atom stereocenters. The lowest BCUT2D eigenvalue weighted by Gasteiger charge is -2.45. The van der Waals surface area contributed by atoms with Crippen LogP contribution in [-0.4, -0.2) is 86.9 Å². The number of carbonyl (C=O) groups excluding carboxylic acids is 1. The van der Waals surface area contributed by atoms with Crippen LogP contribution in [0.15, 0.2) is 30.3 Å². The summed E-state index contributed by atoms with van der Waals surface area (Å²) in [6.07, 6.45) is 17.1. The third-order valence-corrected chi connectivity index (χ3v) is 11.2. The Labute approximate surface area is 258 Å². The summed E-state index contributed by atoms with van der Waals surface area (Å²) < 4.78 is 0.673. The Balaban J connectivity index is 1.49. The van der Waals surface area contributed by atoms with E-state index in [4.69, 9.17) is 0 Å². The maximum atomic E-state index is 15.0. The quantitative estimate of drug-likeness (QED) is 0.164. The van der Waals surface area contributed by atoms with E-state index in [0.29, 0.717) is 16.4 Å². The zero-order valence-corrected chi connectivity index (χ0v) is 27.7. The molecule has 2 N–H and O–H groups in total. The first-order valence-electron chi connectivity index (χ1n) is 17.7. The lowest BCUT2D eigenvalue weighted by atomic mass is 9.78. The Morgan fingerprint density at radius 1 is 0.810 bits per heavy atom. The van der Waals surface area contributed by atoms with Gasteiger partial charge in [0.05, 0.1) is 13.1 Å². The number of likely N-dealkylation sites (tertiary alicyclic amines) is 1. The molecule has 1 aromatic rings.